The Balaban J connectivity index is 1.53. The molecular formula is C24H25ClN2O2. The average Bonchev–Trinajstić information content (AvgIpc) is 2.75. The van der Waals surface area contributed by atoms with Gasteiger partial charge in [-0.1, -0.05) is 72.3 Å². The number of benzene rings is 3. The molecule has 29 heavy (non-hydrogen) atoms. The van der Waals surface area contributed by atoms with Gasteiger partial charge < -0.3 is 10.1 Å². The van der Waals surface area contributed by atoms with Gasteiger partial charge in [0, 0.05) is 11.6 Å². The van der Waals surface area contributed by atoms with E-state index in [1.165, 1.54) is 0 Å². The SMILES string of the molecule is CN(CCOc1ccc(Cl)cc1)CC(=O)NC(c1ccccc1)c1ccccc1. The normalized spacial score (nSPS) is 10.9. The Hall–Kier alpha value is -2.82. The summed E-state index contributed by atoms with van der Waals surface area (Å²) in [5.74, 6) is 0.733. The fourth-order valence-corrected chi connectivity index (χ4v) is 3.16. The summed E-state index contributed by atoms with van der Waals surface area (Å²) < 4.78 is 5.70. The number of likely N-dealkylation sites (N-methyl/N-ethyl adjacent to an activating group) is 1. The highest BCUT2D eigenvalue weighted by Crippen LogP contribution is 2.21. The van der Waals surface area contributed by atoms with Crippen LogP contribution in [0.4, 0.5) is 0 Å². The predicted molar refractivity (Wildman–Crippen MR) is 117 cm³/mol. The van der Waals surface area contributed by atoms with Gasteiger partial charge in [-0.15, -0.1) is 0 Å². The molecule has 1 N–H and O–H groups in total. The molecule has 0 unspecified atom stereocenters. The third kappa shape index (κ3) is 6.63. The van der Waals surface area contributed by atoms with Crippen LogP contribution in [-0.2, 0) is 4.79 Å². The van der Waals surface area contributed by atoms with Crippen molar-refractivity contribution in [2.45, 2.75) is 6.04 Å². The van der Waals surface area contributed by atoms with Crippen molar-refractivity contribution < 1.29 is 9.53 Å². The molecule has 3 rings (SSSR count). The Morgan fingerprint density at radius 3 is 2.03 bits per heavy atom. The maximum absolute atomic E-state index is 12.7. The van der Waals surface area contributed by atoms with E-state index in [4.69, 9.17) is 16.3 Å². The lowest BCUT2D eigenvalue weighted by atomic mass is 9.99. The van der Waals surface area contributed by atoms with Crippen LogP contribution >= 0.6 is 11.6 Å². The summed E-state index contributed by atoms with van der Waals surface area (Å²) in [4.78, 5) is 14.6. The van der Waals surface area contributed by atoms with Crippen LogP contribution in [0, 0.1) is 0 Å². The molecule has 150 valence electrons. The fourth-order valence-electron chi connectivity index (χ4n) is 3.03. The molecule has 0 atom stereocenters. The number of hydrogen-bond acceptors (Lipinski definition) is 3. The highest BCUT2D eigenvalue weighted by atomic mass is 35.5. The number of nitrogens with one attached hydrogen (secondary N) is 1. The van der Waals surface area contributed by atoms with Gasteiger partial charge in [-0.05, 0) is 42.4 Å². The van der Waals surface area contributed by atoms with E-state index in [0.717, 1.165) is 16.9 Å². The van der Waals surface area contributed by atoms with Crippen LogP contribution in [0.25, 0.3) is 0 Å². The van der Waals surface area contributed by atoms with E-state index in [-0.39, 0.29) is 11.9 Å². The first kappa shape index (κ1) is 20.9. The van der Waals surface area contributed by atoms with E-state index in [1.807, 2.05) is 84.7 Å². The molecule has 0 heterocycles. The van der Waals surface area contributed by atoms with Crippen molar-refractivity contribution in [3.8, 4) is 5.75 Å². The lowest BCUT2D eigenvalue weighted by Gasteiger charge is -2.22. The summed E-state index contributed by atoms with van der Waals surface area (Å²) in [5.41, 5.74) is 2.11. The standard InChI is InChI=1S/C24H25ClN2O2/c1-27(16-17-29-22-14-12-21(25)13-15-22)18-23(28)26-24(19-8-4-2-5-9-19)20-10-6-3-7-11-20/h2-15,24H,16-18H2,1H3,(H,26,28). The van der Waals surface area contributed by atoms with Crippen LogP contribution < -0.4 is 10.1 Å². The number of ether oxygens (including phenoxy) is 1. The van der Waals surface area contributed by atoms with E-state index >= 15 is 0 Å². The molecule has 3 aromatic rings. The van der Waals surface area contributed by atoms with Crippen molar-refractivity contribution in [3.63, 3.8) is 0 Å². The minimum atomic E-state index is -0.177. The van der Waals surface area contributed by atoms with Gasteiger partial charge in [0.1, 0.15) is 12.4 Å². The maximum atomic E-state index is 12.7. The molecule has 0 aliphatic heterocycles. The molecule has 0 aliphatic carbocycles. The highest BCUT2D eigenvalue weighted by Gasteiger charge is 2.17. The molecule has 4 nitrogen and oxygen atoms in total. The molecule has 0 saturated heterocycles. The topological polar surface area (TPSA) is 41.6 Å². The monoisotopic (exact) mass is 408 g/mol. The molecule has 0 saturated carbocycles. The first-order valence-electron chi connectivity index (χ1n) is 9.58. The summed E-state index contributed by atoms with van der Waals surface area (Å²) in [7, 11) is 1.91. The quantitative estimate of drug-likeness (QED) is 0.564. The second kappa shape index (κ2) is 10.6. The number of amides is 1. The largest absolute Gasteiger partial charge is 0.492 e. The smallest absolute Gasteiger partial charge is 0.234 e. The second-order valence-corrected chi connectivity index (χ2v) is 7.30. The zero-order valence-electron chi connectivity index (χ0n) is 16.4. The Bertz CT molecular complexity index is 846. The van der Waals surface area contributed by atoms with Crippen LogP contribution in [0.3, 0.4) is 0 Å². The average molecular weight is 409 g/mol. The molecule has 0 spiro atoms. The van der Waals surface area contributed by atoms with Gasteiger partial charge >= 0.3 is 0 Å². The van der Waals surface area contributed by atoms with E-state index in [9.17, 15) is 4.79 Å². The zero-order valence-corrected chi connectivity index (χ0v) is 17.2. The highest BCUT2D eigenvalue weighted by molar-refractivity contribution is 6.30. The minimum absolute atomic E-state index is 0.0308. The number of carbonyl (C=O) groups is 1. The van der Waals surface area contributed by atoms with E-state index in [1.54, 1.807) is 12.1 Å². The van der Waals surface area contributed by atoms with Gasteiger partial charge in [-0.2, -0.15) is 0 Å². The lowest BCUT2D eigenvalue weighted by Crippen LogP contribution is -2.39. The predicted octanol–water partition coefficient (Wildman–Crippen LogP) is 4.56. The molecule has 0 bridgehead atoms. The molecular weight excluding hydrogens is 384 g/mol. The second-order valence-electron chi connectivity index (χ2n) is 6.86. The Kier molecular flexibility index (Phi) is 7.68. The Labute approximate surface area is 177 Å². The Morgan fingerprint density at radius 2 is 1.48 bits per heavy atom. The summed E-state index contributed by atoms with van der Waals surface area (Å²) in [5, 5.41) is 3.84. The fraction of sp³-hybridized carbons (Fsp3) is 0.208. The molecule has 0 radical (unpaired) electrons. The van der Waals surface area contributed by atoms with Crippen LogP contribution in [0.15, 0.2) is 84.9 Å². The number of rotatable bonds is 9. The summed E-state index contributed by atoms with van der Waals surface area (Å²) in [6.45, 7) is 1.42. The number of halogens is 1. The van der Waals surface area contributed by atoms with Gasteiger partial charge in [0.2, 0.25) is 5.91 Å². The third-order valence-electron chi connectivity index (χ3n) is 4.54. The summed E-state index contributed by atoms with van der Waals surface area (Å²) >= 11 is 5.88. The van der Waals surface area contributed by atoms with Crippen molar-refractivity contribution in [2.24, 2.45) is 0 Å². The van der Waals surface area contributed by atoms with Crippen molar-refractivity contribution in [3.05, 3.63) is 101 Å². The molecule has 0 aliphatic rings. The van der Waals surface area contributed by atoms with Gasteiger partial charge in [-0.25, -0.2) is 0 Å². The zero-order chi connectivity index (χ0) is 20.5. The van der Waals surface area contributed by atoms with Crippen LogP contribution in [0.1, 0.15) is 17.2 Å². The van der Waals surface area contributed by atoms with Crippen molar-refractivity contribution in [1.82, 2.24) is 10.2 Å². The van der Waals surface area contributed by atoms with Crippen LogP contribution in [0.2, 0.25) is 5.02 Å². The van der Waals surface area contributed by atoms with Gasteiger partial charge in [0.05, 0.1) is 12.6 Å². The molecule has 5 heteroatoms. The van der Waals surface area contributed by atoms with Crippen LogP contribution in [-0.4, -0.2) is 37.6 Å². The molecule has 3 aromatic carbocycles. The van der Waals surface area contributed by atoms with Gasteiger partial charge in [-0.3, -0.25) is 9.69 Å². The third-order valence-corrected chi connectivity index (χ3v) is 4.79. The van der Waals surface area contributed by atoms with E-state index in [2.05, 4.69) is 5.32 Å². The summed E-state index contributed by atoms with van der Waals surface area (Å²) in [6.07, 6.45) is 0. The first-order chi connectivity index (χ1) is 14.1. The summed E-state index contributed by atoms with van der Waals surface area (Å²) in [6, 6.07) is 27.1. The minimum Gasteiger partial charge on any atom is -0.492 e. The van der Waals surface area contributed by atoms with Crippen molar-refractivity contribution in [2.75, 3.05) is 26.7 Å². The van der Waals surface area contributed by atoms with Crippen molar-refractivity contribution >= 4 is 17.5 Å². The van der Waals surface area contributed by atoms with Crippen LogP contribution in [0.5, 0.6) is 5.75 Å². The lowest BCUT2D eigenvalue weighted by molar-refractivity contribution is -0.122. The molecule has 1 amide bonds. The molecule has 0 fully saturated rings. The van der Waals surface area contributed by atoms with Gasteiger partial charge in [0.25, 0.3) is 0 Å². The Morgan fingerprint density at radius 1 is 0.931 bits per heavy atom. The first-order valence-corrected chi connectivity index (χ1v) is 9.96. The molecule has 0 aromatic heterocycles. The van der Waals surface area contributed by atoms with Crippen molar-refractivity contribution in [1.29, 1.82) is 0 Å². The number of carbonyl (C=O) groups excluding carboxylic acids is 1. The van der Waals surface area contributed by atoms with Gasteiger partial charge in [0.15, 0.2) is 0 Å². The number of nitrogens with zero attached hydrogens (tertiary/aromatic N) is 1. The van der Waals surface area contributed by atoms with E-state index < -0.39 is 0 Å². The number of hydrogen-bond donors (Lipinski definition) is 1. The van der Waals surface area contributed by atoms with E-state index in [0.29, 0.717) is 24.7 Å². The maximum Gasteiger partial charge on any atom is 0.234 e.